The summed E-state index contributed by atoms with van der Waals surface area (Å²) in [5.74, 6) is -5.79. The maximum absolute atomic E-state index is 14.0. The average molecular weight is 448 g/mol. The minimum Gasteiger partial charge on any atom is -0.281 e. The molecule has 2 aromatic rings. The zero-order chi connectivity index (χ0) is 21.6. The first-order chi connectivity index (χ1) is 13.4. The molecule has 0 radical (unpaired) electrons. The zero-order valence-electron chi connectivity index (χ0n) is 14.8. The lowest BCUT2D eigenvalue weighted by Crippen LogP contribution is -2.32. The van der Waals surface area contributed by atoms with Gasteiger partial charge in [-0.05, 0) is 42.2 Å². The Morgan fingerprint density at radius 2 is 1.72 bits per heavy atom. The molecule has 0 aliphatic heterocycles. The van der Waals surface area contributed by atoms with Crippen LogP contribution in [0, 0.1) is 23.4 Å². The number of rotatable bonds is 6. The Bertz CT molecular complexity index is 1200. The number of hydrogen-bond acceptors (Lipinski definition) is 5. The zero-order valence-corrected chi connectivity index (χ0v) is 16.5. The number of nitrogens with one attached hydrogen (secondary N) is 2. The van der Waals surface area contributed by atoms with Crippen molar-refractivity contribution in [2.45, 2.75) is 17.2 Å². The van der Waals surface area contributed by atoms with Crippen molar-refractivity contribution in [1.82, 2.24) is 4.72 Å². The fraction of sp³-hybridized carbons (Fsp3) is 0.235. The Morgan fingerprint density at radius 3 is 2.34 bits per heavy atom. The van der Waals surface area contributed by atoms with Gasteiger partial charge in [-0.15, -0.1) is 0 Å². The largest absolute Gasteiger partial charge is 0.281 e. The fourth-order valence-electron chi connectivity index (χ4n) is 2.85. The molecule has 0 spiro atoms. The van der Waals surface area contributed by atoms with E-state index in [2.05, 4.69) is 0 Å². The van der Waals surface area contributed by atoms with E-state index >= 15 is 0 Å². The third kappa shape index (κ3) is 4.70. The van der Waals surface area contributed by atoms with Crippen molar-refractivity contribution in [3.05, 3.63) is 59.4 Å². The Labute approximate surface area is 165 Å². The van der Waals surface area contributed by atoms with Crippen LogP contribution in [0.3, 0.4) is 0 Å². The molecule has 0 heterocycles. The molecule has 0 bridgehead atoms. The van der Waals surface area contributed by atoms with Crippen LogP contribution in [-0.2, 0) is 24.8 Å². The highest BCUT2D eigenvalue weighted by molar-refractivity contribution is 7.92. The lowest BCUT2D eigenvalue weighted by atomic mass is 10.1. The summed E-state index contributed by atoms with van der Waals surface area (Å²) in [6, 6.07) is 5.90. The van der Waals surface area contributed by atoms with E-state index in [0.29, 0.717) is 6.07 Å². The van der Waals surface area contributed by atoms with Crippen LogP contribution in [0.5, 0.6) is 0 Å². The van der Waals surface area contributed by atoms with Gasteiger partial charge in [0.2, 0.25) is 15.9 Å². The van der Waals surface area contributed by atoms with E-state index in [9.17, 15) is 34.8 Å². The van der Waals surface area contributed by atoms with E-state index < -0.39 is 65.8 Å². The van der Waals surface area contributed by atoms with Gasteiger partial charge in [0.1, 0.15) is 5.82 Å². The molecule has 29 heavy (non-hydrogen) atoms. The molecule has 1 fully saturated rings. The van der Waals surface area contributed by atoms with Crippen LogP contribution < -0.4 is 9.44 Å². The summed E-state index contributed by atoms with van der Waals surface area (Å²) in [5, 5.41) is 0. The molecule has 0 saturated heterocycles. The molecule has 2 aromatic carbocycles. The van der Waals surface area contributed by atoms with E-state index in [4.69, 9.17) is 0 Å². The van der Waals surface area contributed by atoms with Gasteiger partial charge >= 0.3 is 0 Å². The Balaban J connectivity index is 1.74. The van der Waals surface area contributed by atoms with Crippen molar-refractivity contribution in [2.75, 3.05) is 11.0 Å². The molecule has 1 aliphatic rings. The maximum Gasteiger partial charge on any atom is 0.264 e. The molecular weight excluding hydrogens is 433 g/mol. The van der Waals surface area contributed by atoms with E-state index in [0.717, 1.165) is 24.5 Å². The van der Waals surface area contributed by atoms with Crippen molar-refractivity contribution in [2.24, 2.45) is 5.92 Å². The van der Waals surface area contributed by atoms with Gasteiger partial charge < -0.3 is 0 Å². The molecule has 7 nitrogen and oxygen atoms in total. The molecule has 12 heteroatoms. The minimum absolute atomic E-state index is 0.0233. The normalized spacial score (nSPS) is 18.9. The maximum atomic E-state index is 14.0. The van der Waals surface area contributed by atoms with Gasteiger partial charge in [0.25, 0.3) is 10.0 Å². The lowest BCUT2D eigenvalue weighted by Gasteiger charge is -2.10. The van der Waals surface area contributed by atoms with Gasteiger partial charge in [0, 0.05) is 5.92 Å². The van der Waals surface area contributed by atoms with Crippen molar-refractivity contribution >= 4 is 31.6 Å². The van der Waals surface area contributed by atoms with Crippen LogP contribution in [-0.4, -0.2) is 29.0 Å². The minimum atomic E-state index is -4.46. The Hall–Kier alpha value is -2.60. The predicted molar refractivity (Wildman–Crippen MR) is 97.4 cm³/mol. The molecule has 3 rings (SSSR count). The van der Waals surface area contributed by atoms with Crippen LogP contribution >= 0.6 is 0 Å². The smallest absolute Gasteiger partial charge is 0.264 e. The second kappa shape index (κ2) is 7.34. The molecular formula is C17H15F3N2O5S2. The van der Waals surface area contributed by atoms with Gasteiger partial charge in [-0.25, -0.2) is 34.7 Å². The third-order valence-electron chi connectivity index (χ3n) is 4.29. The lowest BCUT2D eigenvalue weighted by molar-refractivity contribution is -0.120. The second-order valence-electron chi connectivity index (χ2n) is 6.58. The first-order valence-corrected chi connectivity index (χ1v) is 11.5. The van der Waals surface area contributed by atoms with Gasteiger partial charge in [-0.1, -0.05) is 12.1 Å². The Morgan fingerprint density at radius 1 is 1.03 bits per heavy atom. The number of halogens is 3. The predicted octanol–water partition coefficient (Wildman–Crippen LogP) is 2.08. The van der Waals surface area contributed by atoms with Crippen LogP contribution in [0.4, 0.5) is 18.9 Å². The van der Waals surface area contributed by atoms with Gasteiger partial charge in [0.05, 0.1) is 16.8 Å². The molecule has 0 unspecified atom stereocenters. The molecule has 1 aliphatic carbocycles. The summed E-state index contributed by atoms with van der Waals surface area (Å²) in [5.41, 5.74) is -0.480. The van der Waals surface area contributed by atoms with E-state index in [1.165, 1.54) is 12.1 Å². The summed E-state index contributed by atoms with van der Waals surface area (Å²) in [6.45, 7) is 0. The molecule has 1 amide bonds. The highest BCUT2D eigenvalue weighted by Crippen LogP contribution is 2.48. The quantitative estimate of drug-likeness (QED) is 0.703. The number of anilines is 1. The Kier molecular flexibility index (Phi) is 5.34. The number of carbonyl (C=O) groups excluding carboxylic acids is 1. The number of hydrogen-bond donors (Lipinski definition) is 2. The fourth-order valence-corrected chi connectivity index (χ4v) is 4.45. The van der Waals surface area contributed by atoms with Crippen LogP contribution in [0.25, 0.3) is 0 Å². The summed E-state index contributed by atoms with van der Waals surface area (Å²) in [6.07, 6.45) is 0.929. The monoisotopic (exact) mass is 448 g/mol. The summed E-state index contributed by atoms with van der Waals surface area (Å²) >= 11 is 0. The molecule has 2 atom stereocenters. The number of carbonyl (C=O) groups is 1. The van der Waals surface area contributed by atoms with Crippen molar-refractivity contribution in [3.8, 4) is 0 Å². The molecule has 2 N–H and O–H groups in total. The van der Waals surface area contributed by atoms with Crippen LogP contribution in [0.2, 0.25) is 0 Å². The highest BCUT2D eigenvalue weighted by atomic mass is 32.2. The topological polar surface area (TPSA) is 109 Å². The van der Waals surface area contributed by atoms with Crippen molar-refractivity contribution < 1.29 is 34.8 Å². The van der Waals surface area contributed by atoms with E-state index in [1.54, 1.807) is 4.72 Å². The van der Waals surface area contributed by atoms with Gasteiger partial charge in [-0.2, -0.15) is 0 Å². The van der Waals surface area contributed by atoms with Crippen LogP contribution in [0.1, 0.15) is 17.9 Å². The highest BCUT2D eigenvalue weighted by Gasteiger charge is 2.46. The summed E-state index contributed by atoms with van der Waals surface area (Å²) < 4.78 is 91.7. The van der Waals surface area contributed by atoms with E-state index in [1.807, 2.05) is 4.72 Å². The molecule has 0 aromatic heterocycles. The molecule has 156 valence electrons. The second-order valence-corrected chi connectivity index (χ2v) is 10.0. The number of benzene rings is 2. The first kappa shape index (κ1) is 21.1. The third-order valence-corrected chi connectivity index (χ3v) is 6.22. The van der Waals surface area contributed by atoms with Gasteiger partial charge in [-0.3, -0.25) is 9.52 Å². The van der Waals surface area contributed by atoms with Crippen molar-refractivity contribution in [1.29, 1.82) is 0 Å². The standard InChI is InChI=1S/C17H15F3N2O5S2/c1-28(24,25)21-15-6-5-9(7-14(15)19)29(26,27)22-17(23)12-8-11(12)10-3-2-4-13(18)16(10)20/h2-7,11-12,21H,8H2,1H3,(H,22,23)/t11-,12+/m1/s1. The summed E-state index contributed by atoms with van der Waals surface area (Å²) in [7, 11) is -8.23. The average Bonchev–Trinajstić information content (AvgIpc) is 3.38. The summed E-state index contributed by atoms with van der Waals surface area (Å²) in [4.78, 5) is 11.6. The molecule has 1 saturated carbocycles. The SMILES string of the molecule is CS(=O)(=O)Nc1ccc(S(=O)(=O)NC(=O)[C@H]2C[C@@H]2c2cccc(F)c2F)cc1F. The van der Waals surface area contributed by atoms with Crippen LogP contribution in [0.15, 0.2) is 41.3 Å². The first-order valence-electron chi connectivity index (χ1n) is 8.17. The van der Waals surface area contributed by atoms with E-state index in [-0.39, 0.29) is 12.0 Å². The number of sulfonamides is 2. The van der Waals surface area contributed by atoms with Crippen molar-refractivity contribution in [3.63, 3.8) is 0 Å². The van der Waals surface area contributed by atoms with Gasteiger partial charge in [0.15, 0.2) is 11.6 Å². The number of amides is 1.